The summed E-state index contributed by atoms with van der Waals surface area (Å²) in [7, 11) is 0. The minimum atomic E-state index is -0.0694. The van der Waals surface area contributed by atoms with E-state index < -0.39 is 0 Å². The number of amides is 1. The molecule has 0 saturated heterocycles. The van der Waals surface area contributed by atoms with E-state index in [1.807, 2.05) is 41.1 Å². The third-order valence-corrected chi connectivity index (χ3v) is 3.63. The van der Waals surface area contributed by atoms with Crippen LogP contribution >= 0.6 is 0 Å². The fourth-order valence-corrected chi connectivity index (χ4v) is 2.28. The maximum absolute atomic E-state index is 12.4. The van der Waals surface area contributed by atoms with E-state index in [-0.39, 0.29) is 11.9 Å². The Kier molecular flexibility index (Phi) is 5.17. The largest absolute Gasteiger partial charge is 0.347 e. The molecule has 0 aliphatic heterocycles. The minimum absolute atomic E-state index is 0.00225. The molecule has 4 nitrogen and oxygen atoms in total. The highest BCUT2D eigenvalue weighted by molar-refractivity contribution is 5.93. The Labute approximate surface area is 126 Å². The molecule has 1 heterocycles. The first-order chi connectivity index (χ1) is 10.1. The number of hydrogen-bond donors (Lipinski definition) is 2. The van der Waals surface area contributed by atoms with E-state index in [9.17, 15) is 4.79 Å². The Morgan fingerprint density at radius 3 is 2.52 bits per heavy atom. The van der Waals surface area contributed by atoms with Gasteiger partial charge < -0.3 is 15.6 Å². The molecule has 0 radical (unpaired) electrons. The van der Waals surface area contributed by atoms with Gasteiger partial charge in [0.25, 0.3) is 5.91 Å². The minimum Gasteiger partial charge on any atom is -0.347 e. The molecule has 3 N–H and O–H groups in total. The molecule has 2 rings (SSSR count). The summed E-state index contributed by atoms with van der Waals surface area (Å²) in [6.07, 6.45) is 1.93. The molecular formula is C17H23N3O. The highest BCUT2D eigenvalue weighted by Crippen LogP contribution is 2.09. The van der Waals surface area contributed by atoms with Crippen molar-refractivity contribution in [1.82, 2.24) is 9.88 Å². The maximum Gasteiger partial charge on any atom is 0.268 e. The van der Waals surface area contributed by atoms with Crippen molar-refractivity contribution < 1.29 is 4.79 Å². The Hall–Kier alpha value is -2.07. The molecular weight excluding hydrogens is 262 g/mol. The van der Waals surface area contributed by atoms with Crippen molar-refractivity contribution in [3.8, 4) is 0 Å². The summed E-state index contributed by atoms with van der Waals surface area (Å²) in [6, 6.07) is 13.8. The van der Waals surface area contributed by atoms with Gasteiger partial charge in [-0.2, -0.15) is 0 Å². The molecule has 1 aromatic carbocycles. The molecule has 0 bridgehead atoms. The average molecular weight is 285 g/mol. The van der Waals surface area contributed by atoms with Gasteiger partial charge in [-0.25, -0.2) is 0 Å². The summed E-state index contributed by atoms with van der Waals surface area (Å²) >= 11 is 0. The normalized spacial score (nSPS) is 12.4. The third-order valence-electron chi connectivity index (χ3n) is 3.63. The van der Waals surface area contributed by atoms with Crippen molar-refractivity contribution in [2.75, 3.05) is 6.54 Å². The number of nitrogens with two attached hydrogens (primary N) is 1. The molecule has 4 heteroatoms. The fraction of sp³-hybridized carbons (Fsp3) is 0.353. The molecule has 2 aromatic rings. The van der Waals surface area contributed by atoms with Gasteiger partial charge in [0.05, 0.1) is 0 Å². The standard InChI is InChI=1S/C17H23N3O/c1-13(2)15(11-18)19-17(21)16-9-6-10-20(16)12-14-7-4-3-5-8-14/h3-10,13,15H,11-12,18H2,1-2H3,(H,19,21). The molecule has 21 heavy (non-hydrogen) atoms. The van der Waals surface area contributed by atoms with E-state index in [2.05, 4.69) is 31.3 Å². The predicted molar refractivity (Wildman–Crippen MR) is 85.1 cm³/mol. The number of aromatic nitrogens is 1. The number of nitrogens with zero attached hydrogens (tertiary/aromatic N) is 1. The zero-order valence-electron chi connectivity index (χ0n) is 12.6. The second-order valence-corrected chi connectivity index (χ2v) is 5.57. The number of carbonyl (C=O) groups excluding carboxylic acids is 1. The van der Waals surface area contributed by atoms with Crippen LogP contribution in [0, 0.1) is 5.92 Å². The first-order valence-corrected chi connectivity index (χ1v) is 7.31. The van der Waals surface area contributed by atoms with E-state index in [1.165, 1.54) is 5.56 Å². The van der Waals surface area contributed by atoms with Crippen LogP contribution in [0.3, 0.4) is 0 Å². The summed E-state index contributed by atoms with van der Waals surface area (Å²) in [5.41, 5.74) is 7.55. The second kappa shape index (κ2) is 7.09. The SMILES string of the molecule is CC(C)C(CN)NC(=O)c1cccn1Cc1ccccc1. The van der Waals surface area contributed by atoms with Gasteiger partial charge in [-0.05, 0) is 23.6 Å². The van der Waals surface area contributed by atoms with Crippen LogP contribution in [0.25, 0.3) is 0 Å². The van der Waals surface area contributed by atoms with Crippen LogP contribution in [0.15, 0.2) is 48.7 Å². The first kappa shape index (κ1) is 15.3. The van der Waals surface area contributed by atoms with Gasteiger partial charge in [0.15, 0.2) is 0 Å². The summed E-state index contributed by atoms with van der Waals surface area (Å²) in [4.78, 5) is 12.4. The predicted octanol–water partition coefficient (Wildman–Crippen LogP) is 2.25. The Morgan fingerprint density at radius 1 is 1.19 bits per heavy atom. The fourth-order valence-electron chi connectivity index (χ4n) is 2.28. The van der Waals surface area contributed by atoms with Crippen LogP contribution in [-0.4, -0.2) is 23.1 Å². The van der Waals surface area contributed by atoms with Gasteiger partial charge in [0.1, 0.15) is 5.69 Å². The van der Waals surface area contributed by atoms with Crippen molar-refractivity contribution in [1.29, 1.82) is 0 Å². The molecule has 1 atom stereocenters. The first-order valence-electron chi connectivity index (χ1n) is 7.31. The van der Waals surface area contributed by atoms with Crippen LogP contribution < -0.4 is 11.1 Å². The number of benzene rings is 1. The molecule has 0 fully saturated rings. The number of hydrogen-bond acceptors (Lipinski definition) is 2. The molecule has 1 unspecified atom stereocenters. The van der Waals surface area contributed by atoms with E-state index in [0.29, 0.717) is 24.7 Å². The lowest BCUT2D eigenvalue weighted by atomic mass is 10.0. The second-order valence-electron chi connectivity index (χ2n) is 5.57. The van der Waals surface area contributed by atoms with E-state index in [1.54, 1.807) is 0 Å². The monoisotopic (exact) mass is 285 g/mol. The lowest BCUT2D eigenvalue weighted by molar-refractivity contribution is 0.0919. The van der Waals surface area contributed by atoms with Crippen molar-refractivity contribution in [2.24, 2.45) is 11.7 Å². The number of carbonyl (C=O) groups is 1. The van der Waals surface area contributed by atoms with Crippen molar-refractivity contribution in [2.45, 2.75) is 26.4 Å². The van der Waals surface area contributed by atoms with Crippen LogP contribution in [0.5, 0.6) is 0 Å². The zero-order chi connectivity index (χ0) is 15.2. The van der Waals surface area contributed by atoms with E-state index in [4.69, 9.17) is 5.73 Å². The highest BCUT2D eigenvalue weighted by atomic mass is 16.2. The zero-order valence-corrected chi connectivity index (χ0v) is 12.6. The van der Waals surface area contributed by atoms with Crippen LogP contribution in [0.2, 0.25) is 0 Å². The molecule has 0 aliphatic carbocycles. The third kappa shape index (κ3) is 3.95. The van der Waals surface area contributed by atoms with Crippen molar-refractivity contribution in [3.05, 3.63) is 59.9 Å². The Balaban J connectivity index is 2.11. The molecule has 0 spiro atoms. The Morgan fingerprint density at radius 2 is 1.90 bits per heavy atom. The molecule has 1 amide bonds. The van der Waals surface area contributed by atoms with Gasteiger partial charge in [-0.3, -0.25) is 4.79 Å². The van der Waals surface area contributed by atoms with Crippen LogP contribution in [-0.2, 0) is 6.54 Å². The summed E-state index contributed by atoms with van der Waals surface area (Å²) in [5, 5.41) is 3.01. The molecule has 1 aromatic heterocycles. The summed E-state index contributed by atoms with van der Waals surface area (Å²) < 4.78 is 1.96. The Bertz CT molecular complexity index is 575. The van der Waals surface area contributed by atoms with Crippen molar-refractivity contribution in [3.63, 3.8) is 0 Å². The van der Waals surface area contributed by atoms with Crippen LogP contribution in [0.1, 0.15) is 29.9 Å². The van der Waals surface area contributed by atoms with Gasteiger partial charge >= 0.3 is 0 Å². The maximum atomic E-state index is 12.4. The van der Waals surface area contributed by atoms with E-state index in [0.717, 1.165) is 0 Å². The van der Waals surface area contributed by atoms with Crippen LogP contribution in [0.4, 0.5) is 0 Å². The van der Waals surface area contributed by atoms with E-state index >= 15 is 0 Å². The highest BCUT2D eigenvalue weighted by Gasteiger charge is 2.17. The lowest BCUT2D eigenvalue weighted by Crippen LogP contribution is -2.44. The van der Waals surface area contributed by atoms with Gasteiger partial charge in [-0.15, -0.1) is 0 Å². The van der Waals surface area contributed by atoms with Crippen molar-refractivity contribution >= 4 is 5.91 Å². The lowest BCUT2D eigenvalue weighted by Gasteiger charge is -2.21. The van der Waals surface area contributed by atoms with Gasteiger partial charge in [-0.1, -0.05) is 44.2 Å². The molecule has 0 aliphatic rings. The average Bonchev–Trinajstić information content (AvgIpc) is 2.93. The summed E-state index contributed by atoms with van der Waals surface area (Å²) in [5.74, 6) is 0.247. The topological polar surface area (TPSA) is 60.0 Å². The van der Waals surface area contributed by atoms with Gasteiger partial charge in [0.2, 0.25) is 0 Å². The quantitative estimate of drug-likeness (QED) is 0.855. The smallest absolute Gasteiger partial charge is 0.268 e. The summed E-state index contributed by atoms with van der Waals surface area (Å²) in [6.45, 7) is 5.25. The molecule has 112 valence electrons. The molecule has 0 saturated carbocycles. The number of rotatable bonds is 6. The van der Waals surface area contributed by atoms with Gasteiger partial charge in [0, 0.05) is 25.3 Å². The number of nitrogens with one attached hydrogen (secondary N) is 1.